The Labute approximate surface area is 173 Å². The van der Waals surface area contributed by atoms with Crippen LogP contribution in [-0.2, 0) is 12.8 Å². The molecule has 2 atom stereocenters. The number of benzene rings is 2. The first-order valence-corrected chi connectivity index (χ1v) is 11.1. The van der Waals surface area contributed by atoms with E-state index in [-0.39, 0.29) is 5.60 Å². The van der Waals surface area contributed by atoms with Gasteiger partial charge in [0.2, 0.25) is 0 Å². The number of nitrogens with zero attached hydrogens (tertiary/aromatic N) is 1. The Hall–Kier alpha value is -1.88. The lowest BCUT2D eigenvalue weighted by Gasteiger charge is -2.46. The number of hydrogen-bond acceptors (Lipinski definition) is 4. The predicted molar refractivity (Wildman–Crippen MR) is 113 cm³/mol. The first kappa shape index (κ1) is 19.1. The Morgan fingerprint density at radius 2 is 1.79 bits per heavy atom. The molecule has 2 N–H and O–H groups in total. The van der Waals surface area contributed by atoms with Gasteiger partial charge in [-0.15, -0.1) is 0 Å². The second-order valence-electron chi connectivity index (χ2n) is 9.09. The highest BCUT2D eigenvalue weighted by molar-refractivity contribution is 5.38. The number of aliphatic hydroxyl groups is 2. The predicted octanol–water partition coefficient (Wildman–Crippen LogP) is 3.95. The van der Waals surface area contributed by atoms with Crippen molar-refractivity contribution in [3.05, 3.63) is 64.7 Å². The Bertz CT molecular complexity index is 872. The topological polar surface area (TPSA) is 52.9 Å². The summed E-state index contributed by atoms with van der Waals surface area (Å²) < 4.78 is 6.38. The SMILES string of the molecule is O[C@H](CN1CCC2(CC1)C[C@@H](O)c1ccccc1O2)c1ccc2c(c1)CCCC2. The monoisotopic (exact) mass is 393 g/mol. The molecule has 5 rings (SSSR count). The summed E-state index contributed by atoms with van der Waals surface area (Å²) in [5, 5.41) is 21.4. The molecule has 154 valence electrons. The average molecular weight is 394 g/mol. The molecule has 1 saturated heterocycles. The molecule has 0 saturated carbocycles. The van der Waals surface area contributed by atoms with Gasteiger partial charge in [0.1, 0.15) is 11.4 Å². The second kappa shape index (κ2) is 7.75. The van der Waals surface area contributed by atoms with Crippen molar-refractivity contribution >= 4 is 0 Å². The number of aryl methyl sites for hydroxylation is 2. The van der Waals surface area contributed by atoms with Crippen LogP contribution in [0.15, 0.2) is 42.5 Å². The summed E-state index contributed by atoms with van der Waals surface area (Å²) in [6.45, 7) is 2.43. The van der Waals surface area contributed by atoms with Crippen molar-refractivity contribution in [2.75, 3.05) is 19.6 Å². The van der Waals surface area contributed by atoms with E-state index >= 15 is 0 Å². The van der Waals surface area contributed by atoms with E-state index in [0.29, 0.717) is 13.0 Å². The van der Waals surface area contributed by atoms with E-state index in [4.69, 9.17) is 4.74 Å². The summed E-state index contributed by atoms with van der Waals surface area (Å²) >= 11 is 0. The van der Waals surface area contributed by atoms with Gasteiger partial charge >= 0.3 is 0 Å². The molecule has 2 aromatic rings. The zero-order valence-corrected chi connectivity index (χ0v) is 17.0. The minimum Gasteiger partial charge on any atom is -0.487 e. The average Bonchev–Trinajstić information content (AvgIpc) is 2.75. The zero-order chi connectivity index (χ0) is 19.8. The number of para-hydroxylation sites is 1. The van der Waals surface area contributed by atoms with Crippen molar-refractivity contribution in [2.24, 2.45) is 0 Å². The van der Waals surface area contributed by atoms with Gasteiger partial charge in [0.15, 0.2) is 0 Å². The number of piperidine rings is 1. The number of aliphatic hydroxyl groups excluding tert-OH is 2. The van der Waals surface area contributed by atoms with Gasteiger partial charge in [-0.25, -0.2) is 0 Å². The van der Waals surface area contributed by atoms with Gasteiger partial charge in [-0.3, -0.25) is 0 Å². The molecule has 0 bridgehead atoms. The van der Waals surface area contributed by atoms with Crippen molar-refractivity contribution in [3.63, 3.8) is 0 Å². The van der Waals surface area contributed by atoms with Crippen LogP contribution in [0.5, 0.6) is 5.75 Å². The summed E-state index contributed by atoms with van der Waals surface area (Å²) in [5.74, 6) is 0.828. The van der Waals surface area contributed by atoms with Crippen LogP contribution in [0.2, 0.25) is 0 Å². The number of β-amino-alcohol motifs (C(OH)–C–C–N with tert-alkyl or cyclic N) is 1. The molecule has 4 heteroatoms. The van der Waals surface area contributed by atoms with Crippen LogP contribution in [0, 0.1) is 0 Å². The highest BCUT2D eigenvalue weighted by atomic mass is 16.5. The van der Waals surface area contributed by atoms with Crippen molar-refractivity contribution in [1.82, 2.24) is 4.90 Å². The summed E-state index contributed by atoms with van der Waals surface area (Å²) in [5.41, 5.74) is 4.56. The van der Waals surface area contributed by atoms with Crippen LogP contribution in [0.1, 0.15) is 66.6 Å². The van der Waals surface area contributed by atoms with E-state index in [1.165, 1.54) is 30.4 Å². The number of hydrogen-bond donors (Lipinski definition) is 2. The third-order valence-electron chi connectivity index (χ3n) is 7.13. The lowest BCUT2D eigenvalue weighted by molar-refractivity contribution is -0.0587. The maximum atomic E-state index is 10.8. The molecule has 0 amide bonds. The van der Waals surface area contributed by atoms with Crippen molar-refractivity contribution in [1.29, 1.82) is 0 Å². The van der Waals surface area contributed by atoms with Crippen molar-refractivity contribution in [3.8, 4) is 5.75 Å². The van der Waals surface area contributed by atoms with Crippen LogP contribution >= 0.6 is 0 Å². The molecule has 0 unspecified atom stereocenters. The van der Waals surface area contributed by atoms with Crippen LogP contribution < -0.4 is 4.74 Å². The smallest absolute Gasteiger partial charge is 0.125 e. The zero-order valence-electron chi connectivity index (χ0n) is 17.0. The molecule has 2 aromatic carbocycles. The maximum Gasteiger partial charge on any atom is 0.125 e. The molecule has 1 fully saturated rings. The molecule has 1 spiro atoms. The Balaban J connectivity index is 1.21. The molecule has 2 heterocycles. The van der Waals surface area contributed by atoms with Gasteiger partial charge in [-0.05, 0) is 61.3 Å². The molecular weight excluding hydrogens is 362 g/mol. The van der Waals surface area contributed by atoms with Crippen molar-refractivity contribution in [2.45, 2.75) is 62.8 Å². The van der Waals surface area contributed by atoms with Gasteiger partial charge in [0.05, 0.1) is 12.2 Å². The number of likely N-dealkylation sites (tertiary alicyclic amines) is 1. The normalized spacial score (nSPS) is 24.4. The first-order chi connectivity index (χ1) is 14.1. The first-order valence-electron chi connectivity index (χ1n) is 11.1. The standard InChI is InChI=1S/C25H31NO3/c27-22-16-25(29-24-8-4-3-7-21(22)24)11-13-26(14-12-25)17-23(28)20-10-9-18-5-1-2-6-19(18)15-20/h3-4,7-10,15,22-23,27-28H,1-2,5-6,11-14,16-17H2/t22-,23-/m1/s1. The minimum absolute atomic E-state index is 0.277. The number of fused-ring (bicyclic) bond motifs is 2. The number of rotatable bonds is 3. The third kappa shape index (κ3) is 3.81. The maximum absolute atomic E-state index is 10.8. The molecule has 0 aromatic heterocycles. The lowest BCUT2D eigenvalue weighted by atomic mass is 9.81. The molecule has 2 aliphatic heterocycles. The molecule has 29 heavy (non-hydrogen) atoms. The van der Waals surface area contributed by atoms with E-state index in [9.17, 15) is 10.2 Å². The molecular formula is C25H31NO3. The Kier molecular flexibility index (Phi) is 5.10. The molecule has 1 aliphatic carbocycles. The molecule has 3 aliphatic rings. The van der Waals surface area contributed by atoms with Gasteiger partial charge in [0, 0.05) is 31.6 Å². The van der Waals surface area contributed by atoms with Crippen molar-refractivity contribution < 1.29 is 14.9 Å². The van der Waals surface area contributed by atoms with E-state index < -0.39 is 12.2 Å². The van der Waals surface area contributed by atoms with E-state index in [0.717, 1.165) is 49.2 Å². The second-order valence-corrected chi connectivity index (χ2v) is 9.09. The van der Waals surface area contributed by atoms with Gasteiger partial charge in [-0.1, -0.05) is 36.4 Å². The fourth-order valence-corrected chi connectivity index (χ4v) is 5.35. The van der Waals surface area contributed by atoms with Gasteiger partial charge < -0.3 is 19.8 Å². The Morgan fingerprint density at radius 1 is 1.03 bits per heavy atom. The lowest BCUT2D eigenvalue weighted by Crippen LogP contribution is -2.51. The van der Waals surface area contributed by atoms with E-state index in [1.807, 2.05) is 24.3 Å². The van der Waals surface area contributed by atoms with Crippen LogP contribution in [0.3, 0.4) is 0 Å². The molecule has 4 nitrogen and oxygen atoms in total. The van der Waals surface area contributed by atoms with Crippen LogP contribution in [-0.4, -0.2) is 40.3 Å². The van der Waals surface area contributed by atoms with Gasteiger partial charge in [0.25, 0.3) is 0 Å². The third-order valence-corrected chi connectivity index (χ3v) is 7.13. The molecule has 0 radical (unpaired) electrons. The fraction of sp³-hybridized carbons (Fsp3) is 0.520. The van der Waals surface area contributed by atoms with Crippen LogP contribution in [0.25, 0.3) is 0 Å². The quantitative estimate of drug-likeness (QED) is 0.829. The summed E-state index contributed by atoms with van der Waals surface area (Å²) in [4.78, 5) is 2.34. The van der Waals surface area contributed by atoms with Gasteiger partial charge in [-0.2, -0.15) is 0 Å². The largest absolute Gasteiger partial charge is 0.487 e. The van der Waals surface area contributed by atoms with E-state index in [1.54, 1.807) is 0 Å². The Morgan fingerprint density at radius 3 is 2.62 bits per heavy atom. The highest BCUT2D eigenvalue weighted by Gasteiger charge is 2.42. The minimum atomic E-state index is -0.451. The summed E-state index contributed by atoms with van der Waals surface area (Å²) in [6.07, 6.45) is 6.39. The summed E-state index contributed by atoms with van der Waals surface area (Å²) in [7, 11) is 0. The fourth-order valence-electron chi connectivity index (χ4n) is 5.35. The highest BCUT2D eigenvalue weighted by Crippen LogP contribution is 2.44. The van der Waals surface area contributed by atoms with E-state index in [2.05, 4.69) is 23.1 Å². The summed E-state index contributed by atoms with van der Waals surface area (Å²) in [6, 6.07) is 14.4. The number of ether oxygens (including phenoxy) is 1. The van der Waals surface area contributed by atoms with Crippen LogP contribution in [0.4, 0.5) is 0 Å².